The van der Waals surface area contributed by atoms with E-state index in [-0.39, 0.29) is 37.2 Å². The van der Waals surface area contributed by atoms with Crippen LogP contribution in [0.1, 0.15) is 42.1 Å². The summed E-state index contributed by atoms with van der Waals surface area (Å²) >= 11 is 0. The first-order valence-corrected chi connectivity index (χ1v) is 7.86. The SMILES string of the molecule is CCOC(=O)c1cccc2c1OB(O)[C@@H](CC(=O)CCC(N)=O)C2. The lowest BCUT2D eigenvalue weighted by Gasteiger charge is -2.28. The number of benzene rings is 1. The van der Waals surface area contributed by atoms with Crippen molar-refractivity contribution >= 4 is 24.8 Å². The molecule has 1 atom stereocenters. The highest BCUT2D eigenvalue weighted by Gasteiger charge is 2.37. The second-order valence-electron chi connectivity index (χ2n) is 5.70. The van der Waals surface area contributed by atoms with E-state index >= 15 is 0 Å². The number of rotatable bonds is 7. The lowest BCUT2D eigenvalue weighted by molar-refractivity contribution is -0.123. The van der Waals surface area contributed by atoms with Crippen LogP contribution in [0.3, 0.4) is 0 Å². The first kappa shape index (κ1) is 18.0. The molecule has 24 heavy (non-hydrogen) atoms. The molecule has 0 radical (unpaired) electrons. The maximum atomic E-state index is 11.9. The van der Waals surface area contributed by atoms with Gasteiger partial charge in [0, 0.05) is 25.1 Å². The van der Waals surface area contributed by atoms with E-state index in [1.807, 2.05) is 0 Å². The normalized spacial score (nSPS) is 16.1. The van der Waals surface area contributed by atoms with E-state index < -0.39 is 24.8 Å². The van der Waals surface area contributed by atoms with Crippen LogP contribution in [-0.2, 0) is 20.7 Å². The number of hydrogen-bond donors (Lipinski definition) is 2. The van der Waals surface area contributed by atoms with E-state index in [0.29, 0.717) is 12.2 Å². The Hall–Kier alpha value is -2.35. The zero-order valence-electron chi connectivity index (χ0n) is 13.5. The fraction of sp³-hybridized carbons (Fsp3) is 0.438. The Bertz CT molecular complexity index is 647. The average molecular weight is 333 g/mol. The molecule has 1 aromatic carbocycles. The molecule has 0 bridgehead atoms. The topological polar surface area (TPSA) is 116 Å². The van der Waals surface area contributed by atoms with Gasteiger partial charge in [0.2, 0.25) is 5.91 Å². The number of carbonyl (C=O) groups is 3. The van der Waals surface area contributed by atoms with Gasteiger partial charge in [-0.15, -0.1) is 0 Å². The first-order chi connectivity index (χ1) is 11.4. The monoisotopic (exact) mass is 333 g/mol. The molecule has 1 aromatic rings. The van der Waals surface area contributed by atoms with Gasteiger partial charge in [-0.25, -0.2) is 4.79 Å². The summed E-state index contributed by atoms with van der Waals surface area (Å²) in [5, 5.41) is 10.2. The van der Waals surface area contributed by atoms with Crippen molar-refractivity contribution in [1.82, 2.24) is 0 Å². The van der Waals surface area contributed by atoms with Crippen LogP contribution >= 0.6 is 0 Å². The molecule has 0 spiro atoms. The minimum atomic E-state index is -1.20. The minimum absolute atomic E-state index is 0.00784. The molecule has 1 aliphatic heterocycles. The zero-order valence-corrected chi connectivity index (χ0v) is 13.5. The molecule has 1 aliphatic rings. The van der Waals surface area contributed by atoms with Gasteiger partial charge in [0.1, 0.15) is 17.1 Å². The molecular weight excluding hydrogens is 313 g/mol. The summed E-state index contributed by atoms with van der Waals surface area (Å²) in [6, 6.07) is 5.06. The number of para-hydroxylation sites is 1. The van der Waals surface area contributed by atoms with E-state index in [9.17, 15) is 19.4 Å². The smallest absolute Gasteiger partial charge is 0.526 e. The Kier molecular flexibility index (Phi) is 5.97. The van der Waals surface area contributed by atoms with Crippen LogP contribution < -0.4 is 10.4 Å². The standard InChI is InChI=1S/C16H20BNO6/c1-2-23-16(21)13-5-3-4-10-8-11(17(22)24-15(10)13)9-12(19)6-7-14(18)20/h3-5,11,22H,2,6-9H2,1H3,(H2,18,20)/t11-/m1/s1. The Morgan fingerprint density at radius 2 is 2.12 bits per heavy atom. The predicted molar refractivity (Wildman–Crippen MR) is 86.5 cm³/mol. The number of nitrogens with two attached hydrogens (primary N) is 1. The lowest BCUT2D eigenvalue weighted by atomic mass is 9.64. The molecule has 2 rings (SSSR count). The van der Waals surface area contributed by atoms with E-state index in [2.05, 4.69) is 0 Å². The largest absolute Gasteiger partial charge is 0.535 e. The van der Waals surface area contributed by atoms with Crippen molar-refractivity contribution in [3.8, 4) is 5.75 Å². The van der Waals surface area contributed by atoms with Crippen LogP contribution in [0, 0.1) is 0 Å². The zero-order chi connectivity index (χ0) is 17.7. The van der Waals surface area contributed by atoms with E-state index in [1.165, 1.54) is 0 Å². The maximum Gasteiger partial charge on any atom is 0.526 e. The highest BCUT2D eigenvalue weighted by molar-refractivity contribution is 6.47. The molecular formula is C16H20BNO6. The molecule has 8 heteroatoms. The predicted octanol–water partition coefficient (Wildman–Crippen LogP) is 0.874. The number of fused-ring (bicyclic) bond motifs is 1. The van der Waals surface area contributed by atoms with Crippen molar-refractivity contribution in [3.05, 3.63) is 29.3 Å². The number of hydrogen-bond acceptors (Lipinski definition) is 6. The summed E-state index contributed by atoms with van der Waals surface area (Å²) in [7, 11) is -1.20. The molecule has 0 saturated carbocycles. The van der Waals surface area contributed by atoms with Gasteiger partial charge < -0.3 is 20.1 Å². The average Bonchev–Trinajstić information content (AvgIpc) is 2.53. The highest BCUT2D eigenvalue weighted by Crippen LogP contribution is 2.36. The van der Waals surface area contributed by atoms with E-state index in [4.69, 9.17) is 15.1 Å². The molecule has 128 valence electrons. The van der Waals surface area contributed by atoms with Crippen molar-refractivity contribution in [2.24, 2.45) is 5.73 Å². The highest BCUT2D eigenvalue weighted by atomic mass is 16.5. The molecule has 1 amide bonds. The van der Waals surface area contributed by atoms with E-state index in [1.54, 1.807) is 25.1 Å². The molecule has 3 N–H and O–H groups in total. The molecule has 0 aromatic heterocycles. The number of Topliss-reactive ketones (excluding diaryl/α,β-unsaturated/α-hetero) is 1. The van der Waals surface area contributed by atoms with Gasteiger partial charge in [0.25, 0.3) is 0 Å². The van der Waals surface area contributed by atoms with Gasteiger partial charge in [-0.1, -0.05) is 12.1 Å². The second kappa shape index (κ2) is 7.96. The summed E-state index contributed by atoms with van der Waals surface area (Å²) in [5.41, 5.74) is 6.02. The van der Waals surface area contributed by atoms with Gasteiger partial charge >= 0.3 is 13.1 Å². The number of ketones is 1. The van der Waals surface area contributed by atoms with Crippen molar-refractivity contribution in [1.29, 1.82) is 0 Å². The number of amides is 1. The fourth-order valence-corrected chi connectivity index (χ4v) is 2.68. The fourth-order valence-electron chi connectivity index (χ4n) is 2.68. The molecule has 0 saturated heterocycles. The Labute approximate surface area is 140 Å². The van der Waals surface area contributed by atoms with Gasteiger partial charge in [-0.2, -0.15) is 0 Å². The molecule has 0 unspecified atom stereocenters. The Balaban J connectivity index is 2.10. The van der Waals surface area contributed by atoms with Crippen LogP contribution in [-0.4, -0.2) is 36.4 Å². The van der Waals surface area contributed by atoms with Gasteiger partial charge in [0.05, 0.1) is 6.61 Å². The van der Waals surface area contributed by atoms with Gasteiger partial charge in [-0.3, -0.25) is 9.59 Å². The van der Waals surface area contributed by atoms with E-state index in [0.717, 1.165) is 5.56 Å². The number of primary amides is 1. The molecule has 0 aliphatic carbocycles. The molecule has 1 heterocycles. The Morgan fingerprint density at radius 1 is 1.38 bits per heavy atom. The van der Waals surface area contributed by atoms with Crippen LogP contribution in [0.5, 0.6) is 5.75 Å². The third-order valence-electron chi connectivity index (χ3n) is 3.86. The summed E-state index contributed by atoms with van der Waals surface area (Å²) < 4.78 is 10.5. The summed E-state index contributed by atoms with van der Waals surface area (Å²) in [6.45, 7) is 1.94. The minimum Gasteiger partial charge on any atom is -0.535 e. The molecule has 0 fully saturated rings. The van der Waals surface area contributed by atoms with Crippen molar-refractivity contribution < 1.29 is 28.8 Å². The van der Waals surface area contributed by atoms with Gasteiger partial charge in [0.15, 0.2) is 0 Å². The third-order valence-corrected chi connectivity index (χ3v) is 3.86. The first-order valence-electron chi connectivity index (χ1n) is 7.86. The second-order valence-corrected chi connectivity index (χ2v) is 5.70. The van der Waals surface area contributed by atoms with Crippen molar-refractivity contribution in [2.75, 3.05) is 6.61 Å². The van der Waals surface area contributed by atoms with Crippen LogP contribution in [0.25, 0.3) is 0 Å². The van der Waals surface area contributed by atoms with Crippen molar-refractivity contribution in [3.63, 3.8) is 0 Å². The van der Waals surface area contributed by atoms with Crippen molar-refractivity contribution in [2.45, 2.75) is 38.4 Å². The number of ether oxygens (including phenoxy) is 1. The number of carbonyl (C=O) groups excluding carboxylic acids is 3. The molecule has 7 nitrogen and oxygen atoms in total. The maximum absolute atomic E-state index is 11.9. The summed E-state index contributed by atoms with van der Waals surface area (Å²) in [5.74, 6) is -1.35. The van der Waals surface area contributed by atoms with Gasteiger partial charge in [-0.05, 0) is 25.0 Å². The van der Waals surface area contributed by atoms with Crippen LogP contribution in [0.2, 0.25) is 5.82 Å². The number of esters is 1. The lowest BCUT2D eigenvalue weighted by Crippen LogP contribution is -2.36. The quantitative estimate of drug-likeness (QED) is 0.565. The van der Waals surface area contributed by atoms with Crippen LogP contribution in [0.15, 0.2) is 18.2 Å². The van der Waals surface area contributed by atoms with Crippen LogP contribution in [0.4, 0.5) is 0 Å². The Morgan fingerprint density at radius 3 is 2.79 bits per heavy atom. The summed E-state index contributed by atoms with van der Waals surface area (Å²) in [6.07, 6.45) is 0.518. The summed E-state index contributed by atoms with van der Waals surface area (Å²) in [4.78, 5) is 34.6. The third kappa shape index (κ3) is 4.35.